The molecule has 28 heavy (non-hydrogen) atoms. The second-order valence-corrected chi connectivity index (χ2v) is 6.74. The Hall–Kier alpha value is -3.33. The zero-order valence-corrected chi connectivity index (χ0v) is 15.5. The first kappa shape index (κ1) is 18.1. The predicted octanol–water partition coefficient (Wildman–Crippen LogP) is 4.36. The SMILES string of the molecule is COc1cccc2cc(-c3nnc(NC(=O)CSc4ccc(F)cc4)o3)oc12. The van der Waals surface area contributed by atoms with Crippen molar-refractivity contribution in [3.63, 3.8) is 0 Å². The molecule has 0 aliphatic heterocycles. The van der Waals surface area contributed by atoms with Crippen LogP contribution in [-0.4, -0.2) is 29.0 Å². The van der Waals surface area contributed by atoms with Gasteiger partial charge in [-0.2, -0.15) is 0 Å². The minimum absolute atomic E-state index is 0.0351. The number of rotatable bonds is 6. The molecule has 0 aliphatic carbocycles. The lowest BCUT2D eigenvalue weighted by Crippen LogP contribution is -2.14. The average Bonchev–Trinajstić information content (AvgIpc) is 3.34. The average molecular weight is 399 g/mol. The van der Waals surface area contributed by atoms with Crippen LogP contribution in [0.5, 0.6) is 5.75 Å². The molecule has 9 heteroatoms. The number of nitrogens with zero attached hydrogens (tertiary/aromatic N) is 2. The van der Waals surface area contributed by atoms with Gasteiger partial charge < -0.3 is 13.6 Å². The van der Waals surface area contributed by atoms with Gasteiger partial charge in [0, 0.05) is 10.3 Å². The van der Waals surface area contributed by atoms with Crippen LogP contribution < -0.4 is 10.1 Å². The third kappa shape index (κ3) is 3.84. The number of carbonyl (C=O) groups is 1. The van der Waals surface area contributed by atoms with Crippen molar-refractivity contribution in [3.8, 4) is 17.4 Å². The van der Waals surface area contributed by atoms with Crippen LogP contribution in [0.2, 0.25) is 0 Å². The van der Waals surface area contributed by atoms with Crippen LogP contribution in [0, 0.1) is 5.82 Å². The number of fused-ring (bicyclic) bond motifs is 1. The van der Waals surface area contributed by atoms with Gasteiger partial charge in [-0.05, 0) is 36.4 Å². The molecule has 1 N–H and O–H groups in total. The molecule has 0 fully saturated rings. The number of amides is 1. The number of hydrogen-bond acceptors (Lipinski definition) is 7. The molecule has 0 radical (unpaired) electrons. The molecule has 0 unspecified atom stereocenters. The third-order valence-electron chi connectivity index (χ3n) is 3.79. The van der Waals surface area contributed by atoms with Gasteiger partial charge in [0.05, 0.1) is 12.9 Å². The fraction of sp³-hybridized carbons (Fsp3) is 0.105. The van der Waals surface area contributed by atoms with Crippen molar-refractivity contribution in [3.05, 3.63) is 54.3 Å². The van der Waals surface area contributed by atoms with Crippen LogP contribution in [-0.2, 0) is 4.79 Å². The van der Waals surface area contributed by atoms with Gasteiger partial charge in [0.1, 0.15) is 5.82 Å². The summed E-state index contributed by atoms with van der Waals surface area (Å²) in [5.74, 6) is 0.569. The van der Waals surface area contributed by atoms with Crippen LogP contribution in [0.15, 0.2) is 62.3 Å². The molecule has 0 saturated heterocycles. The molecule has 2 aromatic carbocycles. The number of benzene rings is 2. The van der Waals surface area contributed by atoms with Gasteiger partial charge in [0.15, 0.2) is 17.1 Å². The van der Waals surface area contributed by atoms with Gasteiger partial charge in [0.2, 0.25) is 5.91 Å². The van der Waals surface area contributed by atoms with Gasteiger partial charge in [-0.15, -0.1) is 16.9 Å². The summed E-state index contributed by atoms with van der Waals surface area (Å²) in [5.41, 5.74) is 0.569. The highest BCUT2D eigenvalue weighted by Gasteiger charge is 2.17. The first-order valence-corrected chi connectivity index (χ1v) is 9.19. The largest absolute Gasteiger partial charge is 0.493 e. The van der Waals surface area contributed by atoms with E-state index >= 15 is 0 Å². The van der Waals surface area contributed by atoms with Crippen molar-refractivity contribution in [2.75, 3.05) is 18.2 Å². The highest BCUT2D eigenvalue weighted by atomic mass is 32.2. The molecule has 0 atom stereocenters. The van der Waals surface area contributed by atoms with Crippen molar-refractivity contribution >= 4 is 34.7 Å². The Morgan fingerprint density at radius 3 is 2.79 bits per heavy atom. The summed E-state index contributed by atoms with van der Waals surface area (Å²) < 4.78 is 29.4. The van der Waals surface area contributed by atoms with Crippen molar-refractivity contribution in [1.82, 2.24) is 10.2 Å². The lowest BCUT2D eigenvalue weighted by molar-refractivity contribution is -0.113. The summed E-state index contributed by atoms with van der Waals surface area (Å²) in [6.07, 6.45) is 0. The number of thioether (sulfide) groups is 1. The predicted molar refractivity (Wildman–Crippen MR) is 102 cm³/mol. The minimum atomic E-state index is -0.324. The van der Waals surface area contributed by atoms with Crippen LogP contribution in [0.25, 0.3) is 22.6 Å². The summed E-state index contributed by atoms with van der Waals surface area (Å²) in [5, 5.41) is 11.1. The normalized spacial score (nSPS) is 10.9. The van der Waals surface area contributed by atoms with E-state index in [0.717, 1.165) is 10.3 Å². The number of methoxy groups -OCH3 is 1. The number of anilines is 1. The monoisotopic (exact) mass is 399 g/mol. The molecule has 0 saturated carbocycles. The summed E-state index contributed by atoms with van der Waals surface area (Å²) >= 11 is 1.27. The number of furan rings is 1. The Morgan fingerprint density at radius 2 is 2.00 bits per heavy atom. The van der Waals surface area contributed by atoms with Crippen LogP contribution >= 0.6 is 11.8 Å². The lowest BCUT2D eigenvalue weighted by atomic mass is 10.2. The number of para-hydroxylation sites is 1. The molecule has 2 heterocycles. The summed E-state index contributed by atoms with van der Waals surface area (Å²) in [4.78, 5) is 12.8. The van der Waals surface area contributed by atoms with Crippen LogP contribution in [0.3, 0.4) is 0 Å². The molecule has 4 rings (SSSR count). The van der Waals surface area contributed by atoms with Gasteiger partial charge in [-0.25, -0.2) is 4.39 Å². The molecule has 0 bridgehead atoms. The summed E-state index contributed by atoms with van der Waals surface area (Å²) in [7, 11) is 1.56. The zero-order valence-electron chi connectivity index (χ0n) is 14.6. The summed E-state index contributed by atoms with van der Waals surface area (Å²) in [6, 6.07) is 13.1. The Balaban J connectivity index is 1.42. The Morgan fingerprint density at radius 1 is 1.18 bits per heavy atom. The lowest BCUT2D eigenvalue weighted by Gasteiger charge is -2.01. The van der Waals surface area contributed by atoms with Gasteiger partial charge in [-0.3, -0.25) is 10.1 Å². The van der Waals surface area contributed by atoms with E-state index in [1.54, 1.807) is 31.4 Å². The molecule has 0 spiro atoms. The molecular formula is C19H14FN3O4S. The highest BCUT2D eigenvalue weighted by Crippen LogP contribution is 2.33. The maximum atomic E-state index is 12.9. The van der Waals surface area contributed by atoms with Crippen LogP contribution in [0.1, 0.15) is 0 Å². The quantitative estimate of drug-likeness (QED) is 0.482. The second kappa shape index (κ2) is 7.73. The number of hydrogen-bond donors (Lipinski definition) is 1. The maximum Gasteiger partial charge on any atom is 0.322 e. The fourth-order valence-corrected chi connectivity index (χ4v) is 3.21. The maximum absolute atomic E-state index is 12.9. The molecule has 1 amide bonds. The van der Waals surface area contributed by atoms with Crippen molar-refractivity contribution in [2.24, 2.45) is 0 Å². The number of aromatic nitrogens is 2. The van der Waals surface area contributed by atoms with E-state index in [1.165, 1.54) is 23.9 Å². The minimum Gasteiger partial charge on any atom is -0.493 e. The number of nitrogens with one attached hydrogen (secondary N) is 1. The number of halogens is 1. The second-order valence-electron chi connectivity index (χ2n) is 5.69. The first-order valence-electron chi connectivity index (χ1n) is 8.21. The van der Waals surface area contributed by atoms with E-state index in [9.17, 15) is 9.18 Å². The van der Waals surface area contributed by atoms with E-state index in [1.807, 2.05) is 12.1 Å². The van der Waals surface area contributed by atoms with Gasteiger partial charge >= 0.3 is 6.01 Å². The molecule has 142 valence electrons. The molecule has 0 aliphatic rings. The van der Waals surface area contributed by atoms with E-state index in [4.69, 9.17) is 13.6 Å². The molecule has 4 aromatic rings. The smallest absolute Gasteiger partial charge is 0.322 e. The van der Waals surface area contributed by atoms with E-state index in [0.29, 0.717) is 17.1 Å². The summed E-state index contributed by atoms with van der Waals surface area (Å²) in [6.45, 7) is 0. The third-order valence-corrected chi connectivity index (χ3v) is 4.81. The van der Waals surface area contributed by atoms with E-state index < -0.39 is 0 Å². The Bertz CT molecular complexity index is 1120. The van der Waals surface area contributed by atoms with Crippen molar-refractivity contribution in [1.29, 1.82) is 0 Å². The molecular weight excluding hydrogens is 385 g/mol. The topological polar surface area (TPSA) is 90.4 Å². The molecule has 2 aromatic heterocycles. The number of ether oxygens (including phenoxy) is 1. The zero-order chi connectivity index (χ0) is 19.5. The van der Waals surface area contributed by atoms with Crippen LogP contribution in [0.4, 0.5) is 10.4 Å². The van der Waals surface area contributed by atoms with Gasteiger partial charge in [-0.1, -0.05) is 17.2 Å². The van der Waals surface area contributed by atoms with Gasteiger partial charge in [0.25, 0.3) is 5.89 Å². The molecule has 7 nitrogen and oxygen atoms in total. The van der Waals surface area contributed by atoms with Crippen molar-refractivity contribution < 1.29 is 22.8 Å². The first-order chi connectivity index (χ1) is 13.6. The van der Waals surface area contributed by atoms with E-state index in [2.05, 4.69) is 15.5 Å². The van der Waals surface area contributed by atoms with E-state index in [-0.39, 0.29) is 29.4 Å². The number of carbonyl (C=O) groups excluding carboxylic acids is 1. The standard InChI is InChI=1S/C19H14FN3O4S/c1-25-14-4-2-3-11-9-15(26-17(11)14)18-22-23-19(27-18)21-16(24)10-28-13-7-5-12(20)6-8-13/h2-9H,10H2,1H3,(H,21,23,24). The van der Waals surface area contributed by atoms with Crippen molar-refractivity contribution in [2.45, 2.75) is 4.90 Å². The fourth-order valence-electron chi connectivity index (χ4n) is 2.51. The highest BCUT2D eigenvalue weighted by molar-refractivity contribution is 8.00. The Kier molecular flexibility index (Phi) is 4.98. The Labute approximate surface area is 162 Å².